The van der Waals surface area contributed by atoms with Crippen LogP contribution in [0.15, 0.2) is 18.2 Å². The maximum atomic E-state index is 12.7. The second-order valence-electron chi connectivity index (χ2n) is 7.29. The van der Waals surface area contributed by atoms with Crippen molar-refractivity contribution in [3.63, 3.8) is 0 Å². The molecule has 29 heavy (non-hydrogen) atoms. The Bertz CT molecular complexity index is 718. The van der Waals surface area contributed by atoms with Crippen molar-refractivity contribution < 1.29 is 28.6 Å². The van der Waals surface area contributed by atoms with Gasteiger partial charge in [0.1, 0.15) is 18.0 Å². The third-order valence-corrected chi connectivity index (χ3v) is 5.11. The molecule has 1 heterocycles. The molecule has 1 aliphatic heterocycles. The quantitative estimate of drug-likeness (QED) is 0.698. The molecule has 1 aliphatic rings. The lowest BCUT2D eigenvalue weighted by Gasteiger charge is -2.40. The monoisotopic (exact) mass is 406 g/mol. The van der Waals surface area contributed by atoms with Gasteiger partial charge in [0.25, 0.3) is 11.8 Å². The third-order valence-electron chi connectivity index (χ3n) is 5.11. The minimum absolute atomic E-state index is 0.121. The number of piperidine rings is 1. The molecule has 0 radical (unpaired) electrons. The molecule has 0 saturated carbocycles. The second kappa shape index (κ2) is 10.1. The minimum Gasteiger partial charge on any atom is -0.497 e. The number of rotatable bonds is 7. The molecule has 0 bridgehead atoms. The van der Waals surface area contributed by atoms with Crippen molar-refractivity contribution in [3.05, 3.63) is 23.8 Å². The number of likely N-dealkylation sites (tertiary alicyclic amines) is 1. The van der Waals surface area contributed by atoms with Gasteiger partial charge >= 0.3 is 5.97 Å². The van der Waals surface area contributed by atoms with E-state index < -0.39 is 18.0 Å². The van der Waals surface area contributed by atoms with E-state index in [4.69, 9.17) is 14.2 Å². The summed E-state index contributed by atoms with van der Waals surface area (Å²) >= 11 is 0. The molecule has 0 aromatic heterocycles. The van der Waals surface area contributed by atoms with Gasteiger partial charge in [0, 0.05) is 23.7 Å². The Balaban J connectivity index is 1.90. The number of esters is 1. The minimum atomic E-state index is -0.903. The van der Waals surface area contributed by atoms with Gasteiger partial charge in [0.2, 0.25) is 0 Å². The number of hydrogen-bond donors (Lipinski definition) is 1. The van der Waals surface area contributed by atoms with Crippen LogP contribution >= 0.6 is 0 Å². The van der Waals surface area contributed by atoms with Crippen molar-refractivity contribution in [2.24, 2.45) is 0 Å². The van der Waals surface area contributed by atoms with Crippen LogP contribution in [0.3, 0.4) is 0 Å². The average molecular weight is 406 g/mol. The predicted octanol–water partition coefficient (Wildman–Crippen LogP) is 2.15. The van der Waals surface area contributed by atoms with Crippen LogP contribution in [0.5, 0.6) is 11.5 Å². The fourth-order valence-electron chi connectivity index (χ4n) is 3.55. The number of nitrogens with one attached hydrogen (secondary N) is 1. The van der Waals surface area contributed by atoms with Crippen molar-refractivity contribution in [3.8, 4) is 11.5 Å². The van der Waals surface area contributed by atoms with E-state index in [0.717, 1.165) is 19.3 Å². The number of hydrogen-bond acceptors (Lipinski definition) is 6. The van der Waals surface area contributed by atoms with E-state index in [-0.39, 0.29) is 30.1 Å². The molecule has 0 aliphatic carbocycles. The first-order valence-corrected chi connectivity index (χ1v) is 9.79. The third kappa shape index (κ3) is 5.85. The summed E-state index contributed by atoms with van der Waals surface area (Å²) in [4.78, 5) is 38.9. The van der Waals surface area contributed by atoms with E-state index in [1.165, 1.54) is 26.4 Å². The first kappa shape index (κ1) is 22.5. The Morgan fingerprint density at radius 3 is 2.14 bits per heavy atom. The summed E-state index contributed by atoms with van der Waals surface area (Å²) < 4.78 is 15.5. The Morgan fingerprint density at radius 1 is 1.07 bits per heavy atom. The largest absolute Gasteiger partial charge is 0.497 e. The van der Waals surface area contributed by atoms with Crippen LogP contribution in [0, 0.1) is 0 Å². The number of nitrogens with zero attached hydrogens (tertiary/aromatic N) is 1. The maximum Gasteiger partial charge on any atom is 0.326 e. The first-order chi connectivity index (χ1) is 13.8. The molecule has 2 rings (SSSR count). The molecule has 8 heteroatoms. The summed E-state index contributed by atoms with van der Waals surface area (Å²) in [6, 6.07) is 4.95. The highest BCUT2D eigenvalue weighted by molar-refractivity contribution is 5.97. The van der Waals surface area contributed by atoms with E-state index in [2.05, 4.69) is 5.32 Å². The molecular weight excluding hydrogens is 376 g/mol. The molecule has 1 fully saturated rings. The van der Waals surface area contributed by atoms with Gasteiger partial charge in [-0.3, -0.25) is 14.4 Å². The zero-order valence-electron chi connectivity index (χ0n) is 17.7. The lowest BCUT2D eigenvalue weighted by Crippen LogP contribution is -2.51. The van der Waals surface area contributed by atoms with Gasteiger partial charge in [0.05, 0.1) is 14.2 Å². The highest BCUT2D eigenvalue weighted by atomic mass is 16.5. The zero-order chi connectivity index (χ0) is 21.6. The summed E-state index contributed by atoms with van der Waals surface area (Å²) in [5, 5.41) is 2.49. The van der Waals surface area contributed by atoms with Gasteiger partial charge in [-0.1, -0.05) is 0 Å². The van der Waals surface area contributed by atoms with Crippen LogP contribution in [0.2, 0.25) is 0 Å². The van der Waals surface area contributed by atoms with E-state index in [0.29, 0.717) is 11.5 Å². The smallest absolute Gasteiger partial charge is 0.326 e. The van der Waals surface area contributed by atoms with Gasteiger partial charge in [-0.05, 0) is 52.2 Å². The topological polar surface area (TPSA) is 94.2 Å². The van der Waals surface area contributed by atoms with E-state index in [1.807, 2.05) is 13.8 Å². The fourth-order valence-corrected chi connectivity index (χ4v) is 3.55. The number of amides is 2. The molecule has 0 unspecified atom stereocenters. The van der Waals surface area contributed by atoms with Crippen LogP contribution in [0.25, 0.3) is 0 Å². The Kier molecular flexibility index (Phi) is 7.87. The molecule has 8 nitrogen and oxygen atoms in total. The van der Waals surface area contributed by atoms with Crippen LogP contribution in [0.4, 0.5) is 0 Å². The van der Waals surface area contributed by atoms with Gasteiger partial charge in [0.15, 0.2) is 6.10 Å². The summed E-state index contributed by atoms with van der Waals surface area (Å²) in [5.74, 6) is -0.438. The van der Waals surface area contributed by atoms with Crippen LogP contribution in [-0.2, 0) is 14.3 Å². The van der Waals surface area contributed by atoms with Crippen molar-refractivity contribution >= 4 is 17.8 Å². The molecule has 1 saturated heterocycles. The summed E-state index contributed by atoms with van der Waals surface area (Å²) in [7, 11) is 2.96. The van der Waals surface area contributed by atoms with Crippen molar-refractivity contribution in [2.45, 2.75) is 58.2 Å². The van der Waals surface area contributed by atoms with Gasteiger partial charge in [-0.25, -0.2) is 0 Å². The standard InChI is InChI=1S/C21H30N2O6/c1-13-7-6-8-14(2)23(13)21(26)15(3)29-19(24)12-22-20(25)16-9-17(27-4)11-18(10-16)28-5/h9-11,13-15H,6-8,12H2,1-5H3,(H,22,25)/t13-,14+,15-/m1/s1. The lowest BCUT2D eigenvalue weighted by atomic mass is 9.97. The molecule has 1 aromatic carbocycles. The number of methoxy groups -OCH3 is 2. The molecule has 2 amide bonds. The number of carbonyl (C=O) groups excluding carboxylic acids is 3. The Morgan fingerprint density at radius 2 is 1.62 bits per heavy atom. The molecule has 3 atom stereocenters. The lowest BCUT2D eigenvalue weighted by molar-refractivity contribution is -0.161. The highest BCUT2D eigenvalue weighted by Gasteiger charge is 2.33. The van der Waals surface area contributed by atoms with Crippen LogP contribution in [0.1, 0.15) is 50.4 Å². The maximum absolute atomic E-state index is 12.7. The summed E-state index contributed by atoms with van der Waals surface area (Å²) in [6.45, 7) is 5.22. The van der Waals surface area contributed by atoms with Crippen LogP contribution in [-0.4, -0.2) is 61.6 Å². The van der Waals surface area contributed by atoms with E-state index >= 15 is 0 Å². The first-order valence-electron chi connectivity index (χ1n) is 9.79. The van der Waals surface area contributed by atoms with Crippen LogP contribution < -0.4 is 14.8 Å². The van der Waals surface area contributed by atoms with Gasteiger partial charge in [-0.15, -0.1) is 0 Å². The van der Waals surface area contributed by atoms with Gasteiger partial charge in [-0.2, -0.15) is 0 Å². The predicted molar refractivity (Wildman–Crippen MR) is 107 cm³/mol. The summed E-state index contributed by atoms with van der Waals surface area (Å²) in [5.41, 5.74) is 0.286. The molecule has 160 valence electrons. The Labute approximate surface area is 171 Å². The van der Waals surface area contributed by atoms with E-state index in [9.17, 15) is 14.4 Å². The molecule has 0 spiro atoms. The highest BCUT2D eigenvalue weighted by Crippen LogP contribution is 2.24. The van der Waals surface area contributed by atoms with Gasteiger partial charge < -0.3 is 24.4 Å². The SMILES string of the molecule is COc1cc(OC)cc(C(=O)NCC(=O)O[C@H](C)C(=O)N2[C@H](C)CCC[C@@H]2C)c1. The fraction of sp³-hybridized carbons (Fsp3) is 0.571. The molecular formula is C21H30N2O6. The molecule has 1 N–H and O–H groups in total. The van der Waals surface area contributed by atoms with Crippen molar-refractivity contribution in [1.82, 2.24) is 10.2 Å². The summed E-state index contributed by atoms with van der Waals surface area (Å²) in [6.07, 6.45) is 2.06. The second-order valence-corrected chi connectivity index (χ2v) is 7.29. The normalized spacial score (nSPS) is 19.8. The Hall–Kier alpha value is -2.77. The zero-order valence-corrected chi connectivity index (χ0v) is 17.7. The average Bonchev–Trinajstić information content (AvgIpc) is 2.71. The van der Waals surface area contributed by atoms with Crippen molar-refractivity contribution in [1.29, 1.82) is 0 Å². The van der Waals surface area contributed by atoms with E-state index in [1.54, 1.807) is 17.9 Å². The number of ether oxygens (including phenoxy) is 3. The van der Waals surface area contributed by atoms with Crippen molar-refractivity contribution in [2.75, 3.05) is 20.8 Å². The number of carbonyl (C=O) groups is 3. The number of benzene rings is 1. The molecule has 1 aromatic rings.